The van der Waals surface area contributed by atoms with Gasteiger partial charge in [0.2, 0.25) is 0 Å². The zero-order valence-electron chi connectivity index (χ0n) is 13.6. The maximum Gasteiger partial charge on any atom is 0.315 e. The van der Waals surface area contributed by atoms with E-state index in [1.165, 1.54) is 37.7 Å². The van der Waals surface area contributed by atoms with Gasteiger partial charge in [0.25, 0.3) is 0 Å². The molecule has 4 heteroatoms. The molecule has 1 aromatic rings. The molecular formula is C19H26N2O2. The summed E-state index contributed by atoms with van der Waals surface area (Å²) in [5.41, 5.74) is 1.18. The van der Waals surface area contributed by atoms with Crippen molar-refractivity contribution in [1.82, 2.24) is 10.6 Å². The molecule has 6 rings (SSSR count). The molecule has 4 nitrogen and oxygen atoms in total. The summed E-state index contributed by atoms with van der Waals surface area (Å²) < 4.78 is 5.52. The lowest BCUT2D eigenvalue weighted by molar-refractivity contribution is -0.00954. The highest BCUT2D eigenvalue weighted by Crippen LogP contribution is 2.53. The highest BCUT2D eigenvalue weighted by atomic mass is 16.3. The number of urea groups is 1. The quantitative estimate of drug-likeness (QED) is 0.873. The molecule has 2 N–H and O–H groups in total. The van der Waals surface area contributed by atoms with E-state index in [4.69, 9.17) is 4.42 Å². The first-order valence-corrected chi connectivity index (χ1v) is 9.39. The third-order valence-corrected chi connectivity index (χ3v) is 6.88. The van der Waals surface area contributed by atoms with Crippen molar-refractivity contribution < 1.29 is 9.21 Å². The van der Waals surface area contributed by atoms with Gasteiger partial charge >= 0.3 is 6.03 Å². The van der Waals surface area contributed by atoms with Gasteiger partial charge in [-0.3, -0.25) is 0 Å². The lowest BCUT2D eigenvalue weighted by Crippen LogP contribution is -2.57. The van der Waals surface area contributed by atoms with Gasteiger partial charge in [-0.25, -0.2) is 4.79 Å². The fourth-order valence-corrected chi connectivity index (χ4v) is 6.15. The van der Waals surface area contributed by atoms with Gasteiger partial charge in [0.1, 0.15) is 5.76 Å². The number of hydrogen-bond acceptors (Lipinski definition) is 2. The monoisotopic (exact) mass is 314 g/mol. The molecule has 1 aromatic heterocycles. The van der Waals surface area contributed by atoms with Crippen molar-refractivity contribution in [3.05, 3.63) is 23.7 Å². The Balaban J connectivity index is 1.25. The minimum atomic E-state index is 0.0292. The molecule has 0 saturated heterocycles. The molecule has 1 atom stereocenters. The Hall–Kier alpha value is -1.45. The average Bonchev–Trinajstić information content (AvgIpc) is 3.00. The summed E-state index contributed by atoms with van der Waals surface area (Å²) >= 11 is 0. The first-order chi connectivity index (χ1) is 11.3. The Bertz CT molecular complexity index is 580. The molecule has 4 saturated carbocycles. The fraction of sp³-hybridized carbons (Fsp3) is 0.737. The minimum Gasteiger partial charge on any atom is -0.469 e. The van der Waals surface area contributed by atoms with Crippen molar-refractivity contribution in [1.29, 1.82) is 0 Å². The SMILES string of the molecule is O=C(NC1CCCc2occc21)NC1C2CC3CC(C2)CC1C3. The average molecular weight is 314 g/mol. The Kier molecular flexibility index (Phi) is 3.20. The summed E-state index contributed by atoms with van der Waals surface area (Å²) in [6.45, 7) is 0. The number of amides is 2. The van der Waals surface area contributed by atoms with Crippen LogP contribution in [0.25, 0.3) is 0 Å². The molecule has 1 unspecified atom stereocenters. The summed E-state index contributed by atoms with van der Waals surface area (Å²) in [5, 5.41) is 6.56. The van der Waals surface area contributed by atoms with Crippen LogP contribution in [0.15, 0.2) is 16.7 Å². The van der Waals surface area contributed by atoms with Crippen LogP contribution in [0, 0.1) is 23.7 Å². The van der Waals surface area contributed by atoms with Gasteiger partial charge in [-0.15, -0.1) is 0 Å². The van der Waals surface area contributed by atoms with E-state index in [-0.39, 0.29) is 12.1 Å². The van der Waals surface area contributed by atoms with E-state index in [1.54, 1.807) is 6.26 Å². The molecule has 1 heterocycles. The maximum atomic E-state index is 12.6. The third-order valence-electron chi connectivity index (χ3n) is 6.88. The second kappa shape index (κ2) is 5.29. The van der Waals surface area contributed by atoms with E-state index in [0.29, 0.717) is 6.04 Å². The van der Waals surface area contributed by atoms with Gasteiger partial charge in [-0.1, -0.05) is 0 Å². The topological polar surface area (TPSA) is 54.3 Å². The molecule has 2 amide bonds. The van der Waals surface area contributed by atoms with Crippen LogP contribution in [0.4, 0.5) is 4.79 Å². The summed E-state index contributed by atoms with van der Waals surface area (Å²) in [6.07, 6.45) is 11.7. The van der Waals surface area contributed by atoms with Crippen LogP contribution < -0.4 is 10.6 Å². The van der Waals surface area contributed by atoms with Crippen molar-refractivity contribution in [2.45, 2.75) is 63.5 Å². The molecule has 0 radical (unpaired) electrons. The maximum absolute atomic E-state index is 12.6. The Labute approximate surface area is 137 Å². The third kappa shape index (κ3) is 2.38. The van der Waals surface area contributed by atoms with Crippen LogP contribution >= 0.6 is 0 Å². The van der Waals surface area contributed by atoms with Crippen molar-refractivity contribution in [2.75, 3.05) is 0 Å². The Morgan fingerprint density at radius 2 is 1.78 bits per heavy atom. The summed E-state index contributed by atoms with van der Waals surface area (Å²) in [6, 6.07) is 2.58. The number of aryl methyl sites for hydroxylation is 1. The number of hydrogen-bond donors (Lipinski definition) is 2. The number of furan rings is 1. The molecule has 5 aliphatic rings. The largest absolute Gasteiger partial charge is 0.469 e. The van der Waals surface area contributed by atoms with Crippen LogP contribution in [-0.4, -0.2) is 12.1 Å². The van der Waals surface area contributed by atoms with Crippen LogP contribution in [0.5, 0.6) is 0 Å². The van der Waals surface area contributed by atoms with Gasteiger partial charge in [0, 0.05) is 18.0 Å². The van der Waals surface area contributed by atoms with Gasteiger partial charge in [-0.2, -0.15) is 0 Å². The molecular weight excluding hydrogens is 288 g/mol. The lowest BCUT2D eigenvalue weighted by atomic mass is 9.54. The lowest BCUT2D eigenvalue weighted by Gasteiger charge is -2.54. The van der Waals surface area contributed by atoms with Gasteiger partial charge in [0.15, 0.2) is 0 Å². The van der Waals surface area contributed by atoms with Crippen molar-refractivity contribution in [3.8, 4) is 0 Å². The summed E-state index contributed by atoms with van der Waals surface area (Å²) in [7, 11) is 0. The second-order valence-corrected chi connectivity index (χ2v) is 8.32. The normalized spacial score (nSPS) is 40.7. The first kappa shape index (κ1) is 13.9. The number of fused-ring (bicyclic) bond motifs is 1. The molecule has 4 bridgehead atoms. The zero-order chi connectivity index (χ0) is 15.4. The van der Waals surface area contributed by atoms with Gasteiger partial charge in [-0.05, 0) is 74.7 Å². The van der Waals surface area contributed by atoms with Gasteiger partial charge in [0.05, 0.1) is 12.3 Å². The molecule has 4 fully saturated rings. The molecule has 0 aliphatic heterocycles. The Morgan fingerprint density at radius 3 is 2.52 bits per heavy atom. The molecule has 124 valence electrons. The van der Waals surface area contributed by atoms with Gasteiger partial charge < -0.3 is 15.1 Å². The van der Waals surface area contributed by atoms with Crippen molar-refractivity contribution in [3.63, 3.8) is 0 Å². The van der Waals surface area contributed by atoms with E-state index in [9.17, 15) is 4.79 Å². The molecule has 23 heavy (non-hydrogen) atoms. The Morgan fingerprint density at radius 1 is 1.04 bits per heavy atom. The van der Waals surface area contributed by atoms with Crippen molar-refractivity contribution in [2.24, 2.45) is 23.7 Å². The van der Waals surface area contributed by atoms with Crippen LogP contribution in [-0.2, 0) is 6.42 Å². The predicted molar refractivity (Wildman–Crippen MR) is 86.9 cm³/mol. The first-order valence-electron chi connectivity index (χ1n) is 9.39. The molecule has 0 spiro atoms. The summed E-state index contributed by atoms with van der Waals surface area (Å²) in [5.74, 6) is 4.41. The second-order valence-electron chi connectivity index (χ2n) is 8.32. The minimum absolute atomic E-state index is 0.0292. The van der Waals surface area contributed by atoms with E-state index in [1.807, 2.05) is 6.07 Å². The van der Waals surface area contributed by atoms with Crippen LogP contribution in [0.1, 0.15) is 62.3 Å². The van der Waals surface area contributed by atoms with E-state index >= 15 is 0 Å². The summed E-state index contributed by atoms with van der Waals surface area (Å²) in [4.78, 5) is 12.6. The molecule has 0 aromatic carbocycles. The van der Waals surface area contributed by atoms with E-state index in [2.05, 4.69) is 10.6 Å². The van der Waals surface area contributed by atoms with E-state index in [0.717, 1.165) is 48.7 Å². The standard InChI is InChI=1S/C19H26N2O2/c22-19(20-16-2-1-3-17-15(16)4-5-23-17)21-18-13-7-11-6-12(9-13)10-14(18)8-11/h4-5,11-14,16,18H,1-3,6-10H2,(H2,20,21,22). The number of rotatable bonds is 2. The highest BCUT2D eigenvalue weighted by molar-refractivity contribution is 5.75. The van der Waals surface area contributed by atoms with Crippen LogP contribution in [0.3, 0.4) is 0 Å². The number of nitrogens with one attached hydrogen (secondary N) is 2. The van der Waals surface area contributed by atoms with E-state index < -0.39 is 0 Å². The molecule has 5 aliphatic carbocycles. The zero-order valence-corrected chi connectivity index (χ0v) is 13.6. The van der Waals surface area contributed by atoms with Crippen LogP contribution in [0.2, 0.25) is 0 Å². The number of carbonyl (C=O) groups is 1. The predicted octanol–water partition coefficient (Wildman–Crippen LogP) is 3.78. The smallest absolute Gasteiger partial charge is 0.315 e. The number of carbonyl (C=O) groups excluding carboxylic acids is 1. The fourth-order valence-electron chi connectivity index (χ4n) is 6.15. The highest BCUT2D eigenvalue weighted by Gasteiger charge is 2.48. The van der Waals surface area contributed by atoms with Crippen molar-refractivity contribution >= 4 is 6.03 Å².